The molecule has 27 heavy (non-hydrogen) atoms. The number of carbonyl (C=O) groups excluding carboxylic acids is 1. The molecule has 0 heterocycles. The first kappa shape index (κ1) is 20.8. The van der Waals surface area contributed by atoms with Crippen LogP contribution in [0.5, 0.6) is 11.5 Å². The second kappa shape index (κ2) is 9.41. The van der Waals surface area contributed by atoms with E-state index in [0.717, 1.165) is 6.26 Å². The standard InChI is InChI=1S/C20H26N2O4S/c1-16(2)15-20(23)21-13-14-22(27(3,24)25)18-11-7-8-12-19(18)26-17-9-5-4-6-10-17/h4-12,16H,13-15H2,1-3H3,(H,21,23). The van der Waals surface area contributed by atoms with Crippen molar-refractivity contribution in [1.82, 2.24) is 5.32 Å². The molecule has 0 fully saturated rings. The van der Waals surface area contributed by atoms with Crippen LogP contribution in [0.3, 0.4) is 0 Å². The van der Waals surface area contributed by atoms with E-state index < -0.39 is 10.0 Å². The van der Waals surface area contributed by atoms with E-state index in [1.54, 1.807) is 36.4 Å². The van der Waals surface area contributed by atoms with E-state index in [-0.39, 0.29) is 24.9 Å². The minimum absolute atomic E-state index is 0.0905. The third-order valence-electron chi connectivity index (χ3n) is 3.74. The number of amides is 1. The zero-order chi connectivity index (χ0) is 19.9. The predicted octanol–water partition coefficient (Wildman–Crippen LogP) is 3.41. The number of anilines is 1. The van der Waals surface area contributed by atoms with E-state index in [1.165, 1.54) is 4.31 Å². The number of nitrogens with one attached hydrogen (secondary N) is 1. The first-order valence-corrected chi connectivity index (χ1v) is 10.7. The zero-order valence-corrected chi connectivity index (χ0v) is 16.7. The number of hydrogen-bond donors (Lipinski definition) is 1. The molecular formula is C20H26N2O4S. The fourth-order valence-electron chi connectivity index (χ4n) is 2.57. The summed E-state index contributed by atoms with van der Waals surface area (Å²) in [5, 5.41) is 2.77. The van der Waals surface area contributed by atoms with Gasteiger partial charge in [-0.15, -0.1) is 0 Å². The first-order chi connectivity index (χ1) is 12.8. The average molecular weight is 391 g/mol. The summed E-state index contributed by atoms with van der Waals surface area (Å²) in [6.07, 6.45) is 1.55. The average Bonchev–Trinajstić information content (AvgIpc) is 2.59. The highest BCUT2D eigenvalue weighted by Gasteiger charge is 2.21. The van der Waals surface area contributed by atoms with Crippen LogP contribution in [-0.2, 0) is 14.8 Å². The van der Waals surface area contributed by atoms with Crippen LogP contribution in [0.4, 0.5) is 5.69 Å². The molecule has 146 valence electrons. The molecule has 0 spiro atoms. The van der Waals surface area contributed by atoms with Gasteiger partial charge in [-0.3, -0.25) is 9.10 Å². The Balaban J connectivity index is 2.18. The molecule has 7 heteroatoms. The lowest BCUT2D eigenvalue weighted by atomic mass is 10.1. The second-order valence-corrected chi connectivity index (χ2v) is 8.57. The molecule has 1 N–H and O–H groups in total. The van der Waals surface area contributed by atoms with Crippen molar-refractivity contribution in [3.63, 3.8) is 0 Å². The summed E-state index contributed by atoms with van der Waals surface area (Å²) in [5.41, 5.74) is 0.432. The highest BCUT2D eigenvalue weighted by atomic mass is 32.2. The van der Waals surface area contributed by atoms with Gasteiger partial charge in [0.05, 0.1) is 18.5 Å². The fourth-order valence-corrected chi connectivity index (χ4v) is 3.50. The van der Waals surface area contributed by atoms with E-state index >= 15 is 0 Å². The highest BCUT2D eigenvalue weighted by Crippen LogP contribution is 2.33. The van der Waals surface area contributed by atoms with Crippen molar-refractivity contribution in [1.29, 1.82) is 0 Å². The van der Waals surface area contributed by atoms with Crippen LogP contribution in [0.15, 0.2) is 54.6 Å². The lowest BCUT2D eigenvalue weighted by Crippen LogP contribution is -2.38. The molecule has 0 aliphatic rings. The smallest absolute Gasteiger partial charge is 0.232 e. The van der Waals surface area contributed by atoms with E-state index in [4.69, 9.17) is 4.74 Å². The molecule has 0 aliphatic carbocycles. The highest BCUT2D eigenvalue weighted by molar-refractivity contribution is 7.92. The summed E-state index contributed by atoms with van der Waals surface area (Å²) in [5.74, 6) is 1.20. The Hall–Kier alpha value is -2.54. The van der Waals surface area contributed by atoms with E-state index in [1.807, 2.05) is 32.0 Å². The van der Waals surface area contributed by atoms with Gasteiger partial charge in [-0.2, -0.15) is 0 Å². The van der Waals surface area contributed by atoms with Gasteiger partial charge in [0.1, 0.15) is 5.75 Å². The van der Waals surface area contributed by atoms with Crippen molar-refractivity contribution < 1.29 is 17.9 Å². The number of benzene rings is 2. The predicted molar refractivity (Wildman–Crippen MR) is 108 cm³/mol. The Morgan fingerprint density at radius 2 is 1.70 bits per heavy atom. The number of ether oxygens (including phenoxy) is 1. The zero-order valence-electron chi connectivity index (χ0n) is 15.9. The van der Waals surface area contributed by atoms with E-state index in [2.05, 4.69) is 5.32 Å². The van der Waals surface area contributed by atoms with Crippen LogP contribution in [0.1, 0.15) is 20.3 Å². The van der Waals surface area contributed by atoms with Gasteiger partial charge >= 0.3 is 0 Å². The van der Waals surface area contributed by atoms with Gasteiger partial charge in [0.2, 0.25) is 15.9 Å². The van der Waals surface area contributed by atoms with Crippen LogP contribution in [-0.4, -0.2) is 33.7 Å². The molecule has 0 saturated carbocycles. The van der Waals surface area contributed by atoms with Gasteiger partial charge < -0.3 is 10.1 Å². The topological polar surface area (TPSA) is 75.7 Å². The van der Waals surface area contributed by atoms with Crippen molar-refractivity contribution in [2.24, 2.45) is 5.92 Å². The minimum atomic E-state index is -3.55. The Morgan fingerprint density at radius 3 is 2.33 bits per heavy atom. The van der Waals surface area contributed by atoms with Gasteiger partial charge in [0.15, 0.2) is 5.75 Å². The molecule has 0 aliphatic heterocycles. The normalized spacial score (nSPS) is 11.3. The number of rotatable bonds is 9. The molecule has 0 aromatic heterocycles. The van der Waals surface area contributed by atoms with Crippen molar-refractivity contribution in [3.8, 4) is 11.5 Å². The SMILES string of the molecule is CC(C)CC(=O)NCCN(c1ccccc1Oc1ccccc1)S(C)(=O)=O. The number of carbonyl (C=O) groups is 1. The van der Waals surface area contributed by atoms with Crippen molar-refractivity contribution in [3.05, 3.63) is 54.6 Å². The second-order valence-electron chi connectivity index (χ2n) is 6.67. The molecule has 2 aromatic carbocycles. The molecule has 0 radical (unpaired) electrons. The lowest BCUT2D eigenvalue weighted by molar-refractivity contribution is -0.121. The summed E-state index contributed by atoms with van der Waals surface area (Å²) in [6, 6.07) is 16.1. The lowest BCUT2D eigenvalue weighted by Gasteiger charge is -2.25. The van der Waals surface area contributed by atoms with Gasteiger partial charge in [-0.1, -0.05) is 44.2 Å². The first-order valence-electron chi connectivity index (χ1n) is 8.83. The molecule has 6 nitrogen and oxygen atoms in total. The number of hydrogen-bond acceptors (Lipinski definition) is 4. The molecule has 1 amide bonds. The maximum absolute atomic E-state index is 12.3. The quantitative estimate of drug-likeness (QED) is 0.712. The molecular weight excluding hydrogens is 364 g/mol. The summed E-state index contributed by atoms with van der Waals surface area (Å²) >= 11 is 0. The van der Waals surface area contributed by atoms with E-state index in [0.29, 0.717) is 23.6 Å². The summed E-state index contributed by atoms with van der Waals surface area (Å²) in [4.78, 5) is 11.8. The van der Waals surface area contributed by atoms with Crippen molar-refractivity contribution in [2.45, 2.75) is 20.3 Å². The van der Waals surface area contributed by atoms with Crippen molar-refractivity contribution in [2.75, 3.05) is 23.7 Å². The summed E-state index contributed by atoms with van der Waals surface area (Å²) < 4.78 is 31.8. The summed E-state index contributed by atoms with van der Waals surface area (Å²) in [7, 11) is -3.55. The van der Waals surface area contributed by atoms with E-state index in [9.17, 15) is 13.2 Å². The number of nitrogens with zero attached hydrogens (tertiary/aromatic N) is 1. The van der Waals surface area contributed by atoms with Gasteiger partial charge in [-0.25, -0.2) is 8.42 Å². The fraction of sp³-hybridized carbons (Fsp3) is 0.350. The monoisotopic (exact) mass is 390 g/mol. The Morgan fingerprint density at radius 1 is 1.07 bits per heavy atom. The number of para-hydroxylation sites is 3. The van der Waals surface area contributed by atoms with Crippen LogP contribution in [0.25, 0.3) is 0 Å². The third kappa shape index (κ3) is 6.60. The maximum Gasteiger partial charge on any atom is 0.232 e. The third-order valence-corrected chi connectivity index (χ3v) is 4.92. The molecule has 0 unspecified atom stereocenters. The van der Waals surface area contributed by atoms with Gasteiger partial charge in [0.25, 0.3) is 0 Å². The van der Waals surface area contributed by atoms with Gasteiger partial charge in [0, 0.05) is 13.0 Å². The maximum atomic E-state index is 12.3. The van der Waals surface area contributed by atoms with Crippen molar-refractivity contribution >= 4 is 21.6 Å². The Kier molecular flexibility index (Phi) is 7.24. The molecule has 0 atom stereocenters. The molecule has 2 aromatic rings. The van der Waals surface area contributed by atoms with Gasteiger partial charge in [-0.05, 0) is 30.2 Å². The number of sulfonamides is 1. The minimum Gasteiger partial charge on any atom is -0.455 e. The van der Waals surface area contributed by atoms with Crippen LogP contribution in [0.2, 0.25) is 0 Å². The van der Waals surface area contributed by atoms with Crippen LogP contribution < -0.4 is 14.4 Å². The molecule has 0 saturated heterocycles. The van der Waals surface area contributed by atoms with Crippen LogP contribution >= 0.6 is 0 Å². The van der Waals surface area contributed by atoms with Crippen LogP contribution in [0, 0.1) is 5.92 Å². The molecule has 0 bridgehead atoms. The Bertz CT molecular complexity index is 851. The Labute approximate surface area is 161 Å². The molecule has 2 rings (SSSR count). The largest absolute Gasteiger partial charge is 0.455 e. The summed E-state index contributed by atoms with van der Waals surface area (Å²) in [6.45, 7) is 4.26.